The molecule has 4 heteroatoms. The molecule has 1 aliphatic heterocycles. The molecule has 110 valence electrons. The number of ether oxygens (including phenoxy) is 1. The van der Waals surface area contributed by atoms with Crippen LogP contribution in [0.15, 0.2) is 24.3 Å². The Labute approximate surface area is 121 Å². The van der Waals surface area contributed by atoms with E-state index >= 15 is 0 Å². The third-order valence-electron chi connectivity index (χ3n) is 3.61. The zero-order valence-electron chi connectivity index (χ0n) is 12.6. The fourth-order valence-corrected chi connectivity index (χ4v) is 2.63. The van der Waals surface area contributed by atoms with Crippen molar-refractivity contribution in [3.05, 3.63) is 29.8 Å². The van der Waals surface area contributed by atoms with Crippen molar-refractivity contribution in [3.63, 3.8) is 0 Å². The number of likely N-dealkylation sites (tertiary alicyclic amines) is 1. The van der Waals surface area contributed by atoms with E-state index in [1.54, 1.807) is 7.11 Å². The molecular weight excluding hydrogens is 252 g/mol. The molecule has 4 nitrogen and oxygen atoms in total. The van der Waals surface area contributed by atoms with E-state index in [4.69, 9.17) is 4.74 Å². The number of benzene rings is 1. The topological polar surface area (TPSA) is 41.6 Å². The van der Waals surface area contributed by atoms with Crippen LogP contribution < -0.4 is 10.1 Å². The summed E-state index contributed by atoms with van der Waals surface area (Å²) >= 11 is 0. The number of amides is 1. The van der Waals surface area contributed by atoms with Crippen LogP contribution in [0.2, 0.25) is 0 Å². The second kappa shape index (κ2) is 6.75. The van der Waals surface area contributed by atoms with Crippen molar-refractivity contribution >= 4 is 5.91 Å². The second-order valence-corrected chi connectivity index (χ2v) is 5.66. The Bertz CT molecular complexity index is 442. The second-order valence-electron chi connectivity index (χ2n) is 5.66. The van der Waals surface area contributed by atoms with Crippen molar-refractivity contribution in [2.75, 3.05) is 20.2 Å². The maximum absolute atomic E-state index is 12.0. The van der Waals surface area contributed by atoms with Crippen molar-refractivity contribution in [2.45, 2.75) is 38.8 Å². The SMILES string of the molecule is COc1ccc(CCN2C[C@H](NC(C)C)CC2=O)cc1. The van der Waals surface area contributed by atoms with E-state index in [9.17, 15) is 4.79 Å². The van der Waals surface area contributed by atoms with Crippen molar-refractivity contribution < 1.29 is 9.53 Å². The highest BCUT2D eigenvalue weighted by Crippen LogP contribution is 2.15. The maximum atomic E-state index is 12.0. The lowest BCUT2D eigenvalue weighted by molar-refractivity contribution is -0.127. The molecular formula is C16H24N2O2. The van der Waals surface area contributed by atoms with Gasteiger partial charge in [0.05, 0.1) is 7.11 Å². The van der Waals surface area contributed by atoms with Gasteiger partial charge in [-0.1, -0.05) is 26.0 Å². The van der Waals surface area contributed by atoms with Crippen LogP contribution in [0.3, 0.4) is 0 Å². The molecule has 1 aliphatic rings. The van der Waals surface area contributed by atoms with Crippen molar-refractivity contribution in [1.29, 1.82) is 0 Å². The van der Waals surface area contributed by atoms with Gasteiger partial charge in [0.2, 0.25) is 5.91 Å². The Morgan fingerprint density at radius 1 is 1.35 bits per heavy atom. The quantitative estimate of drug-likeness (QED) is 0.862. The minimum absolute atomic E-state index is 0.261. The highest BCUT2D eigenvalue weighted by Gasteiger charge is 2.29. The molecule has 1 aromatic rings. The summed E-state index contributed by atoms with van der Waals surface area (Å²) in [5, 5.41) is 3.44. The molecule has 1 amide bonds. The van der Waals surface area contributed by atoms with Crippen molar-refractivity contribution in [3.8, 4) is 5.75 Å². The standard InChI is InChI=1S/C16H24N2O2/c1-12(2)17-14-10-16(19)18(11-14)9-8-13-4-6-15(20-3)7-5-13/h4-7,12,14,17H,8-11H2,1-3H3/t14-/m1/s1. The van der Waals surface area contributed by atoms with E-state index in [0.717, 1.165) is 25.3 Å². The molecule has 0 aliphatic carbocycles. The average molecular weight is 276 g/mol. The molecule has 0 aromatic heterocycles. The van der Waals surface area contributed by atoms with E-state index in [2.05, 4.69) is 31.3 Å². The molecule has 2 rings (SSSR count). The summed E-state index contributed by atoms with van der Waals surface area (Å²) in [5.41, 5.74) is 1.24. The average Bonchev–Trinajstić information content (AvgIpc) is 2.76. The smallest absolute Gasteiger partial charge is 0.224 e. The molecule has 0 spiro atoms. The normalized spacial score (nSPS) is 18.9. The summed E-state index contributed by atoms with van der Waals surface area (Å²) in [6, 6.07) is 8.77. The third kappa shape index (κ3) is 3.97. The summed E-state index contributed by atoms with van der Waals surface area (Å²) in [6.45, 7) is 5.85. The summed E-state index contributed by atoms with van der Waals surface area (Å²) in [5.74, 6) is 1.13. The number of carbonyl (C=O) groups excluding carboxylic acids is 1. The van der Waals surface area contributed by atoms with Gasteiger partial charge in [0.1, 0.15) is 5.75 Å². The van der Waals surface area contributed by atoms with Gasteiger partial charge in [-0.2, -0.15) is 0 Å². The monoisotopic (exact) mass is 276 g/mol. The minimum Gasteiger partial charge on any atom is -0.497 e. The molecule has 1 aromatic carbocycles. The van der Waals surface area contributed by atoms with Crippen LogP contribution in [0.4, 0.5) is 0 Å². The molecule has 1 N–H and O–H groups in total. The zero-order chi connectivity index (χ0) is 14.5. The van der Waals surface area contributed by atoms with Gasteiger partial charge in [-0.25, -0.2) is 0 Å². The first-order chi connectivity index (χ1) is 9.58. The number of rotatable bonds is 6. The van der Waals surface area contributed by atoms with E-state index in [0.29, 0.717) is 18.5 Å². The van der Waals surface area contributed by atoms with Crippen molar-refractivity contribution in [2.24, 2.45) is 0 Å². The number of methoxy groups -OCH3 is 1. The maximum Gasteiger partial charge on any atom is 0.224 e. The number of nitrogens with one attached hydrogen (secondary N) is 1. The molecule has 0 bridgehead atoms. The minimum atomic E-state index is 0.261. The molecule has 1 saturated heterocycles. The Morgan fingerprint density at radius 2 is 2.05 bits per heavy atom. The van der Waals surface area contributed by atoms with Crippen molar-refractivity contribution in [1.82, 2.24) is 10.2 Å². The first kappa shape index (κ1) is 14.9. The van der Waals surface area contributed by atoms with Crippen LogP contribution in [0.25, 0.3) is 0 Å². The summed E-state index contributed by atoms with van der Waals surface area (Å²) in [6.07, 6.45) is 1.52. The number of hydrogen-bond donors (Lipinski definition) is 1. The Kier molecular flexibility index (Phi) is 5.01. The van der Waals surface area contributed by atoms with Crippen LogP contribution in [0.1, 0.15) is 25.8 Å². The van der Waals surface area contributed by atoms with Gasteiger partial charge < -0.3 is 15.0 Å². The van der Waals surface area contributed by atoms with E-state index in [1.807, 2.05) is 17.0 Å². The van der Waals surface area contributed by atoms with Crippen LogP contribution in [-0.4, -0.2) is 43.1 Å². The molecule has 1 heterocycles. The molecule has 1 fully saturated rings. The number of nitrogens with zero attached hydrogens (tertiary/aromatic N) is 1. The third-order valence-corrected chi connectivity index (χ3v) is 3.61. The Hall–Kier alpha value is -1.55. The summed E-state index contributed by atoms with van der Waals surface area (Å²) in [7, 11) is 1.67. The fraction of sp³-hybridized carbons (Fsp3) is 0.562. The lowest BCUT2D eigenvalue weighted by Crippen LogP contribution is -2.37. The number of carbonyl (C=O) groups is 1. The zero-order valence-corrected chi connectivity index (χ0v) is 12.6. The first-order valence-electron chi connectivity index (χ1n) is 7.25. The molecule has 0 unspecified atom stereocenters. The highest BCUT2D eigenvalue weighted by molar-refractivity contribution is 5.79. The summed E-state index contributed by atoms with van der Waals surface area (Å²) < 4.78 is 5.14. The lowest BCUT2D eigenvalue weighted by atomic mass is 10.1. The van der Waals surface area contributed by atoms with E-state index < -0.39 is 0 Å². The van der Waals surface area contributed by atoms with Crippen LogP contribution >= 0.6 is 0 Å². The number of hydrogen-bond acceptors (Lipinski definition) is 3. The Morgan fingerprint density at radius 3 is 2.65 bits per heavy atom. The lowest BCUT2D eigenvalue weighted by Gasteiger charge is -2.18. The largest absolute Gasteiger partial charge is 0.497 e. The summed E-state index contributed by atoms with van der Waals surface area (Å²) in [4.78, 5) is 13.9. The molecule has 1 atom stereocenters. The highest BCUT2D eigenvalue weighted by atomic mass is 16.5. The van der Waals surface area contributed by atoms with Gasteiger partial charge in [-0.05, 0) is 24.1 Å². The Balaban J connectivity index is 1.82. The molecule has 0 saturated carbocycles. The van der Waals surface area contributed by atoms with Gasteiger partial charge in [-0.15, -0.1) is 0 Å². The van der Waals surface area contributed by atoms with Gasteiger partial charge >= 0.3 is 0 Å². The van der Waals surface area contributed by atoms with E-state index in [1.165, 1.54) is 5.56 Å². The first-order valence-corrected chi connectivity index (χ1v) is 7.25. The molecule has 0 radical (unpaired) electrons. The van der Waals surface area contributed by atoms with E-state index in [-0.39, 0.29) is 5.91 Å². The van der Waals surface area contributed by atoms with Gasteiger partial charge in [0, 0.05) is 31.6 Å². The van der Waals surface area contributed by atoms with Gasteiger partial charge in [0.15, 0.2) is 0 Å². The van der Waals surface area contributed by atoms with Crippen LogP contribution in [-0.2, 0) is 11.2 Å². The predicted octanol–water partition coefficient (Wildman–Crippen LogP) is 1.84. The fourth-order valence-electron chi connectivity index (χ4n) is 2.63. The van der Waals surface area contributed by atoms with Crippen LogP contribution in [0, 0.1) is 0 Å². The van der Waals surface area contributed by atoms with Gasteiger partial charge in [0.25, 0.3) is 0 Å². The molecule has 20 heavy (non-hydrogen) atoms. The van der Waals surface area contributed by atoms with Crippen LogP contribution in [0.5, 0.6) is 5.75 Å². The predicted molar refractivity (Wildman–Crippen MR) is 80.0 cm³/mol. The van der Waals surface area contributed by atoms with Gasteiger partial charge in [-0.3, -0.25) is 4.79 Å².